The van der Waals surface area contributed by atoms with E-state index in [1.54, 1.807) is 4.90 Å². The number of fused-ring (bicyclic) bond motifs is 2. The van der Waals surface area contributed by atoms with Crippen LogP contribution in [0.2, 0.25) is 0 Å². The van der Waals surface area contributed by atoms with E-state index in [9.17, 15) is 9.00 Å². The number of likely N-dealkylation sites (tertiary alicyclic amines) is 1. The summed E-state index contributed by atoms with van der Waals surface area (Å²) in [5, 5.41) is 0. The molecule has 0 aliphatic carbocycles. The van der Waals surface area contributed by atoms with Gasteiger partial charge in [-0.2, -0.15) is 0 Å². The van der Waals surface area contributed by atoms with E-state index in [0.717, 1.165) is 43.2 Å². The molecular weight excluding hydrogens is 332 g/mol. The van der Waals surface area contributed by atoms with Crippen molar-refractivity contribution in [2.24, 2.45) is 5.92 Å². The number of hydrogen-bond acceptors (Lipinski definition) is 3. The van der Waals surface area contributed by atoms with Crippen LogP contribution < -0.4 is 4.90 Å². The summed E-state index contributed by atoms with van der Waals surface area (Å²) in [6.45, 7) is 4.61. The summed E-state index contributed by atoms with van der Waals surface area (Å²) < 4.78 is 12.9. The molecule has 2 aromatic carbocycles. The fourth-order valence-electron chi connectivity index (χ4n) is 3.60. The first-order valence-corrected chi connectivity index (χ1v) is 9.95. The number of anilines is 2. The van der Waals surface area contributed by atoms with E-state index in [1.807, 2.05) is 48.5 Å². The Morgan fingerprint density at radius 1 is 1.00 bits per heavy atom. The lowest BCUT2D eigenvalue weighted by Gasteiger charge is -2.34. The first kappa shape index (κ1) is 16.5. The van der Waals surface area contributed by atoms with Gasteiger partial charge in [0.1, 0.15) is 0 Å². The summed E-state index contributed by atoms with van der Waals surface area (Å²) in [6.07, 6.45) is 2.29. The van der Waals surface area contributed by atoms with Crippen LogP contribution >= 0.6 is 0 Å². The van der Waals surface area contributed by atoms with Gasteiger partial charge in [0.05, 0.1) is 38.5 Å². The molecule has 130 valence electrons. The van der Waals surface area contributed by atoms with Gasteiger partial charge < -0.3 is 0 Å². The molecule has 0 radical (unpaired) electrons. The van der Waals surface area contributed by atoms with Crippen molar-refractivity contribution in [1.82, 2.24) is 4.90 Å². The van der Waals surface area contributed by atoms with Crippen molar-refractivity contribution in [3.05, 3.63) is 48.5 Å². The van der Waals surface area contributed by atoms with E-state index in [4.69, 9.17) is 0 Å². The number of hydrogen-bond donors (Lipinski definition) is 0. The minimum Gasteiger partial charge on any atom is -0.294 e. The zero-order chi connectivity index (χ0) is 17.4. The number of carbonyl (C=O) groups excluding carboxylic acids is 1. The van der Waals surface area contributed by atoms with Gasteiger partial charge in [-0.3, -0.25) is 14.6 Å². The number of piperidine rings is 1. The SMILES string of the molecule is CC1CCN(CC(=O)N2c3ccccc3S(=O)c3ccccc32)CC1. The van der Waals surface area contributed by atoms with Gasteiger partial charge in [0, 0.05) is 0 Å². The van der Waals surface area contributed by atoms with Crippen LogP contribution in [0.4, 0.5) is 11.4 Å². The van der Waals surface area contributed by atoms with Crippen molar-refractivity contribution in [3.8, 4) is 0 Å². The lowest BCUT2D eigenvalue weighted by molar-refractivity contribution is -0.119. The van der Waals surface area contributed by atoms with Crippen molar-refractivity contribution in [3.63, 3.8) is 0 Å². The summed E-state index contributed by atoms with van der Waals surface area (Å²) in [7, 11) is -1.25. The van der Waals surface area contributed by atoms with Gasteiger partial charge in [-0.15, -0.1) is 0 Å². The van der Waals surface area contributed by atoms with Crippen molar-refractivity contribution in [2.75, 3.05) is 24.5 Å². The summed E-state index contributed by atoms with van der Waals surface area (Å²) in [6, 6.07) is 15.0. The van der Waals surface area contributed by atoms with Crippen LogP contribution in [-0.2, 0) is 15.6 Å². The second-order valence-electron chi connectivity index (χ2n) is 6.89. The maximum absolute atomic E-state index is 13.2. The Bertz CT molecular complexity index is 778. The molecule has 0 aromatic heterocycles. The minimum absolute atomic E-state index is 0.0474. The predicted octanol–water partition coefficient (Wildman–Crippen LogP) is 3.56. The molecule has 4 nitrogen and oxygen atoms in total. The highest BCUT2D eigenvalue weighted by atomic mass is 32.2. The van der Waals surface area contributed by atoms with Gasteiger partial charge in [-0.1, -0.05) is 31.2 Å². The molecule has 2 aromatic rings. The maximum atomic E-state index is 13.2. The Balaban J connectivity index is 1.68. The molecule has 1 saturated heterocycles. The molecule has 0 unspecified atom stereocenters. The summed E-state index contributed by atoms with van der Waals surface area (Å²) in [5.41, 5.74) is 1.49. The molecular formula is C20H22N2O2S. The first-order chi connectivity index (χ1) is 12.1. The molecule has 25 heavy (non-hydrogen) atoms. The van der Waals surface area contributed by atoms with E-state index in [2.05, 4.69) is 11.8 Å². The maximum Gasteiger partial charge on any atom is 0.245 e. The van der Waals surface area contributed by atoms with E-state index in [0.29, 0.717) is 16.3 Å². The zero-order valence-electron chi connectivity index (χ0n) is 14.4. The third-order valence-corrected chi connectivity index (χ3v) is 6.59. The second kappa shape index (κ2) is 6.73. The van der Waals surface area contributed by atoms with Gasteiger partial charge in [-0.05, 0) is 56.1 Å². The Hall–Kier alpha value is -1.98. The topological polar surface area (TPSA) is 40.6 Å². The molecule has 2 heterocycles. The Morgan fingerprint density at radius 2 is 1.52 bits per heavy atom. The van der Waals surface area contributed by atoms with Crippen LogP contribution in [0.1, 0.15) is 19.8 Å². The number of nitrogens with zero attached hydrogens (tertiary/aromatic N) is 2. The molecule has 0 atom stereocenters. The van der Waals surface area contributed by atoms with Crippen LogP contribution in [0, 0.1) is 5.92 Å². The summed E-state index contributed by atoms with van der Waals surface area (Å²) in [5.74, 6) is 0.788. The smallest absolute Gasteiger partial charge is 0.245 e. The molecule has 1 amide bonds. The van der Waals surface area contributed by atoms with E-state index in [1.165, 1.54) is 0 Å². The minimum atomic E-state index is -1.25. The zero-order valence-corrected chi connectivity index (χ0v) is 15.2. The van der Waals surface area contributed by atoms with Crippen LogP contribution in [0.5, 0.6) is 0 Å². The number of para-hydroxylation sites is 2. The predicted molar refractivity (Wildman–Crippen MR) is 99.5 cm³/mol. The van der Waals surface area contributed by atoms with Gasteiger partial charge in [-0.25, -0.2) is 4.21 Å². The van der Waals surface area contributed by atoms with Crippen LogP contribution in [0.15, 0.2) is 58.3 Å². The molecule has 0 N–H and O–H groups in total. The molecule has 1 fully saturated rings. The Kier molecular flexibility index (Phi) is 4.44. The fourth-order valence-corrected chi connectivity index (χ4v) is 4.94. The largest absolute Gasteiger partial charge is 0.294 e. The second-order valence-corrected chi connectivity index (χ2v) is 8.31. The number of carbonyl (C=O) groups is 1. The molecule has 0 bridgehead atoms. The average molecular weight is 354 g/mol. The lowest BCUT2D eigenvalue weighted by atomic mass is 9.99. The van der Waals surface area contributed by atoms with Crippen LogP contribution in [0.25, 0.3) is 0 Å². The lowest BCUT2D eigenvalue weighted by Crippen LogP contribution is -2.42. The van der Waals surface area contributed by atoms with Gasteiger partial charge in [0.25, 0.3) is 0 Å². The number of rotatable bonds is 2. The monoisotopic (exact) mass is 354 g/mol. The van der Waals surface area contributed by atoms with Gasteiger partial charge in [0.15, 0.2) is 0 Å². The Labute approximate surface area is 150 Å². The normalized spacial score (nSPS) is 18.7. The number of amides is 1. The molecule has 5 heteroatoms. The highest BCUT2D eigenvalue weighted by molar-refractivity contribution is 7.85. The van der Waals surface area contributed by atoms with Gasteiger partial charge >= 0.3 is 0 Å². The third kappa shape index (κ3) is 3.02. The van der Waals surface area contributed by atoms with Crippen molar-refractivity contribution in [2.45, 2.75) is 29.6 Å². The summed E-state index contributed by atoms with van der Waals surface area (Å²) in [4.78, 5) is 18.6. The summed E-state index contributed by atoms with van der Waals surface area (Å²) >= 11 is 0. The Morgan fingerprint density at radius 3 is 2.08 bits per heavy atom. The third-order valence-electron chi connectivity index (χ3n) is 5.10. The highest BCUT2D eigenvalue weighted by Gasteiger charge is 2.32. The standard InChI is InChI=1S/C20H22N2O2S/c1-15-10-12-21(13-11-15)14-20(23)22-16-6-2-4-8-18(16)25(24)19-9-5-3-7-17(19)22/h2-9,15H,10-14H2,1H3. The molecule has 0 saturated carbocycles. The fraction of sp³-hybridized carbons (Fsp3) is 0.350. The quantitative estimate of drug-likeness (QED) is 0.828. The molecule has 0 spiro atoms. The van der Waals surface area contributed by atoms with E-state index < -0.39 is 10.8 Å². The van der Waals surface area contributed by atoms with Crippen molar-refractivity contribution >= 4 is 28.1 Å². The van der Waals surface area contributed by atoms with Gasteiger partial charge in [0.2, 0.25) is 5.91 Å². The molecule has 2 aliphatic rings. The number of benzene rings is 2. The first-order valence-electron chi connectivity index (χ1n) is 8.80. The van der Waals surface area contributed by atoms with Crippen molar-refractivity contribution in [1.29, 1.82) is 0 Å². The average Bonchev–Trinajstić information content (AvgIpc) is 2.64. The molecule has 2 aliphatic heterocycles. The van der Waals surface area contributed by atoms with Crippen LogP contribution in [-0.4, -0.2) is 34.7 Å². The van der Waals surface area contributed by atoms with Crippen molar-refractivity contribution < 1.29 is 9.00 Å². The van der Waals surface area contributed by atoms with E-state index in [-0.39, 0.29) is 5.91 Å². The molecule has 4 rings (SSSR count). The highest BCUT2D eigenvalue weighted by Crippen LogP contribution is 2.41. The van der Waals surface area contributed by atoms with Crippen LogP contribution in [0.3, 0.4) is 0 Å². The van der Waals surface area contributed by atoms with E-state index >= 15 is 0 Å².